The molecule has 0 radical (unpaired) electrons. The van der Waals surface area contributed by atoms with Crippen LogP contribution >= 0.6 is 0 Å². The molecule has 16 heavy (non-hydrogen) atoms. The molecule has 1 saturated carbocycles. The van der Waals surface area contributed by atoms with Crippen molar-refractivity contribution in [2.75, 3.05) is 0 Å². The summed E-state index contributed by atoms with van der Waals surface area (Å²) in [5, 5.41) is 12.2. The third-order valence-corrected chi connectivity index (χ3v) is 2.99. The fraction of sp³-hybridized carbons (Fsp3) is 0.500. The van der Waals surface area contributed by atoms with Crippen molar-refractivity contribution in [2.45, 2.75) is 38.3 Å². The lowest BCUT2D eigenvalue weighted by molar-refractivity contribution is 0.0690. The molecule has 4 nitrogen and oxygen atoms in total. The number of pyridine rings is 1. The number of carboxylic acid groups (broad SMARTS) is 1. The lowest BCUT2D eigenvalue weighted by Gasteiger charge is -2.11. The van der Waals surface area contributed by atoms with Gasteiger partial charge in [0.1, 0.15) is 5.69 Å². The minimum absolute atomic E-state index is 0.116. The van der Waals surface area contributed by atoms with Gasteiger partial charge >= 0.3 is 5.97 Å². The Balaban J connectivity index is 1.93. The van der Waals surface area contributed by atoms with Gasteiger partial charge in [-0.1, -0.05) is 12.8 Å². The maximum Gasteiger partial charge on any atom is 0.354 e. The van der Waals surface area contributed by atoms with Crippen molar-refractivity contribution in [2.24, 2.45) is 0 Å². The van der Waals surface area contributed by atoms with Crippen LogP contribution in [-0.2, 0) is 6.54 Å². The summed E-state index contributed by atoms with van der Waals surface area (Å²) in [6.45, 7) is 0.730. The lowest BCUT2D eigenvalue weighted by Crippen LogP contribution is -2.25. The van der Waals surface area contributed by atoms with Crippen molar-refractivity contribution in [3.63, 3.8) is 0 Å². The van der Waals surface area contributed by atoms with E-state index >= 15 is 0 Å². The van der Waals surface area contributed by atoms with Crippen LogP contribution in [0.3, 0.4) is 0 Å². The molecule has 0 atom stereocenters. The highest BCUT2D eigenvalue weighted by Gasteiger charge is 2.14. The molecule has 1 aromatic heterocycles. The smallest absolute Gasteiger partial charge is 0.354 e. The Labute approximate surface area is 94.7 Å². The summed E-state index contributed by atoms with van der Waals surface area (Å²) in [5.74, 6) is -0.970. The molecular weight excluding hydrogens is 204 g/mol. The summed E-state index contributed by atoms with van der Waals surface area (Å²) in [6, 6.07) is 4.08. The maximum atomic E-state index is 10.7. The first-order valence-corrected chi connectivity index (χ1v) is 5.67. The van der Waals surface area contributed by atoms with E-state index in [1.165, 1.54) is 25.7 Å². The predicted molar refractivity (Wildman–Crippen MR) is 60.3 cm³/mol. The van der Waals surface area contributed by atoms with Crippen LogP contribution in [0.1, 0.15) is 41.7 Å². The summed E-state index contributed by atoms with van der Waals surface area (Å²) in [7, 11) is 0. The second kappa shape index (κ2) is 5.07. The van der Waals surface area contributed by atoms with Crippen LogP contribution in [0.2, 0.25) is 0 Å². The van der Waals surface area contributed by atoms with Crippen molar-refractivity contribution in [3.8, 4) is 0 Å². The Hall–Kier alpha value is -1.42. The largest absolute Gasteiger partial charge is 0.477 e. The molecule has 1 fully saturated rings. The molecule has 1 heterocycles. The number of rotatable bonds is 4. The average Bonchev–Trinajstić information content (AvgIpc) is 2.79. The molecule has 0 aromatic carbocycles. The van der Waals surface area contributed by atoms with E-state index in [1.807, 2.05) is 6.07 Å². The van der Waals surface area contributed by atoms with Gasteiger partial charge in [0.2, 0.25) is 0 Å². The van der Waals surface area contributed by atoms with E-state index in [4.69, 9.17) is 5.11 Å². The van der Waals surface area contributed by atoms with Crippen LogP contribution in [0.5, 0.6) is 0 Å². The van der Waals surface area contributed by atoms with E-state index in [9.17, 15) is 4.79 Å². The van der Waals surface area contributed by atoms with Crippen molar-refractivity contribution in [1.82, 2.24) is 10.3 Å². The van der Waals surface area contributed by atoms with Crippen LogP contribution in [0.25, 0.3) is 0 Å². The van der Waals surface area contributed by atoms with Crippen LogP contribution in [0.15, 0.2) is 18.3 Å². The van der Waals surface area contributed by atoms with E-state index in [-0.39, 0.29) is 5.69 Å². The molecule has 2 rings (SSSR count). The molecule has 0 saturated heterocycles. The number of carbonyl (C=O) groups is 1. The first-order chi connectivity index (χ1) is 7.75. The summed E-state index contributed by atoms with van der Waals surface area (Å²) >= 11 is 0. The number of hydrogen-bond donors (Lipinski definition) is 2. The maximum absolute atomic E-state index is 10.7. The van der Waals surface area contributed by atoms with Gasteiger partial charge in [-0.2, -0.15) is 0 Å². The van der Waals surface area contributed by atoms with Crippen molar-refractivity contribution in [1.29, 1.82) is 0 Å². The van der Waals surface area contributed by atoms with Gasteiger partial charge in [-0.05, 0) is 30.5 Å². The quantitative estimate of drug-likeness (QED) is 0.812. The first-order valence-electron chi connectivity index (χ1n) is 5.67. The van der Waals surface area contributed by atoms with Gasteiger partial charge in [0.15, 0.2) is 0 Å². The van der Waals surface area contributed by atoms with Gasteiger partial charge < -0.3 is 10.4 Å². The highest BCUT2D eigenvalue weighted by molar-refractivity contribution is 5.85. The average molecular weight is 220 g/mol. The molecule has 1 aliphatic rings. The summed E-state index contributed by atoms with van der Waals surface area (Å²) in [6.07, 6.45) is 6.62. The Bertz CT molecular complexity index is 373. The molecular formula is C12H16N2O2. The fourth-order valence-electron chi connectivity index (χ4n) is 2.09. The first kappa shape index (κ1) is 11.1. The molecule has 0 amide bonds. The molecule has 0 bridgehead atoms. The molecule has 0 unspecified atom stereocenters. The third-order valence-electron chi connectivity index (χ3n) is 2.99. The predicted octanol–water partition coefficient (Wildman–Crippen LogP) is 1.81. The van der Waals surface area contributed by atoms with E-state index in [1.54, 1.807) is 12.3 Å². The zero-order chi connectivity index (χ0) is 11.4. The van der Waals surface area contributed by atoms with Crippen LogP contribution in [0, 0.1) is 0 Å². The second-order valence-corrected chi connectivity index (χ2v) is 4.22. The topological polar surface area (TPSA) is 62.2 Å². The lowest BCUT2D eigenvalue weighted by atomic mass is 10.2. The molecule has 4 heteroatoms. The Kier molecular flexibility index (Phi) is 3.51. The highest BCUT2D eigenvalue weighted by atomic mass is 16.4. The Morgan fingerprint density at radius 2 is 2.25 bits per heavy atom. The number of carboxylic acids is 1. The number of hydrogen-bond acceptors (Lipinski definition) is 3. The highest BCUT2D eigenvalue weighted by Crippen LogP contribution is 2.18. The molecule has 0 spiro atoms. The third kappa shape index (κ3) is 2.79. The van der Waals surface area contributed by atoms with E-state index in [0.717, 1.165) is 12.1 Å². The summed E-state index contributed by atoms with van der Waals surface area (Å²) < 4.78 is 0. The number of nitrogens with zero attached hydrogens (tertiary/aromatic N) is 1. The Morgan fingerprint density at radius 1 is 1.50 bits per heavy atom. The SMILES string of the molecule is O=C(O)c1cc(CNC2CCCC2)ccn1. The summed E-state index contributed by atoms with van der Waals surface area (Å²) in [4.78, 5) is 14.5. The number of aromatic carboxylic acids is 1. The number of aromatic nitrogens is 1. The molecule has 2 N–H and O–H groups in total. The zero-order valence-corrected chi connectivity index (χ0v) is 9.15. The molecule has 1 aliphatic carbocycles. The van der Waals surface area contributed by atoms with Crippen LogP contribution < -0.4 is 5.32 Å². The fourth-order valence-corrected chi connectivity index (χ4v) is 2.09. The Morgan fingerprint density at radius 3 is 2.94 bits per heavy atom. The van der Waals surface area contributed by atoms with Crippen molar-refractivity contribution in [3.05, 3.63) is 29.6 Å². The van der Waals surface area contributed by atoms with Gasteiger partial charge in [0.05, 0.1) is 0 Å². The van der Waals surface area contributed by atoms with Crippen LogP contribution in [0.4, 0.5) is 0 Å². The van der Waals surface area contributed by atoms with Crippen molar-refractivity contribution < 1.29 is 9.90 Å². The van der Waals surface area contributed by atoms with Gasteiger partial charge in [-0.3, -0.25) is 0 Å². The molecule has 1 aromatic rings. The monoisotopic (exact) mass is 220 g/mol. The minimum atomic E-state index is -0.970. The van der Waals surface area contributed by atoms with E-state index in [0.29, 0.717) is 6.04 Å². The van der Waals surface area contributed by atoms with E-state index < -0.39 is 5.97 Å². The minimum Gasteiger partial charge on any atom is -0.477 e. The van der Waals surface area contributed by atoms with E-state index in [2.05, 4.69) is 10.3 Å². The zero-order valence-electron chi connectivity index (χ0n) is 9.15. The molecule has 86 valence electrons. The molecule has 0 aliphatic heterocycles. The van der Waals surface area contributed by atoms with Crippen LogP contribution in [-0.4, -0.2) is 22.1 Å². The number of nitrogens with one attached hydrogen (secondary N) is 1. The van der Waals surface area contributed by atoms with Gasteiger partial charge in [-0.15, -0.1) is 0 Å². The standard InChI is InChI=1S/C12H16N2O2/c15-12(16)11-7-9(5-6-13-11)8-14-10-3-1-2-4-10/h5-7,10,14H,1-4,8H2,(H,15,16). The normalized spacial score (nSPS) is 16.5. The van der Waals surface area contributed by atoms with Gasteiger partial charge in [-0.25, -0.2) is 9.78 Å². The second-order valence-electron chi connectivity index (χ2n) is 4.22. The van der Waals surface area contributed by atoms with Crippen molar-refractivity contribution >= 4 is 5.97 Å². The van der Waals surface area contributed by atoms with Gasteiger partial charge in [0, 0.05) is 18.8 Å². The summed E-state index contributed by atoms with van der Waals surface area (Å²) in [5.41, 5.74) is 1.10. The van der Waals surface area contributed by atoms with Gasteiger partial charge in [0.25, 0.3) is 0 Å².